The van der Waals surface area contributed by atoms with Gasteiger partial charge in [-0.15, -0.1) is 0 Å². The minimum atomic E-state index is 0.329. The molecule has 0 aliphatic heterocycles. The molecule has 1 saturated carbocycles. The summed E-state index contributed by atoms with van der Waals surface area (Å²) in [5, 5.41) is 0. The summed E-state index contributed by atoms with van der Waals surface area (Å²) in [6.07, 6.45) is 8.96. The second-order valence-corrected chi connectivity index (χ2v) is 5.00. The van der Waals surface area contributed by atoms with Gasteiger partial charge in [0.05, 0.1) is 6.10 Å². The fourth-order valence-corrected chi connectivity index (χ4v) is 2.63. The number of hydrogen-bond donors (Lipinski definition) is 0. The van der Waals surface area contributed by atoms with Crippen LogP contribution in [0.15, 0.2) is 30.8 Å². The Hall–Kier alpha value is -1.24. The molecule has 0 radical (unpaired) electrons. The van der Waals surface area contributed by atoms with E-state index in [1.165, 1.54) is 32.1 Å². The number of ether oxygens (including phenoxy) is 1. The van der Waals surface area contributed by atoms with Crippen LogP contribution in [0.3, 0.4) is 0 Å². The van der Waals surface area contributed by atoms with Crippen molar-refractivity contribution in [2.24, 2.45) is 5.92 Å². The first kappa shape index (κ1) is 12.2. The van der Waals surface area contributed by atoms with E-state index in [1.807, 2.05) is 24.3 Å². The van der Waals surface area contributed by atoms with Gasteiger partial charge in [-0.1, -0.05) is 44.1 Å². The van der Waals surface area contributed by atoms with Crippen LogP contribution in [-0.2, 0) is 0 Å². The molecule has 0 saturated heterocycles. The second-order valence-electron chi connectivity index (χ2n) is 5.00. The first-order valence-corrected chi connectivity index (χ1v) is 6.69. The van der Waals surface area contributed by atoms with Gasteiger partial charge in [0.2, 0.25) is 0 Å². The van der Waals surface area contributed by atoms with Crippen molar-refractivity contribution in [3.05, 3.63) is 36.4 Å². The quantitative estimate of drug-likeness (QED) is 0.730. The van der Waals surface area contributed by atoms with Gasteiger partial charge in [0.1, 0.15) is 5.75 Å². The van der Waals surface area contributed by atoms with Crippen LogP contribution in [0.1, 0.15) is 44.6 Å². The average molecular weight is 230 g/mol. The lowest BCUT2D eigenvalue weighted by Gasteiger charge is -2.28. The standard InChI is InChI=1S/C16H22O/c1-3-14-8-7-11-16(12-14)17-13(2)15-9-5-4-6-10-15/h3,7-8,11-13,15H,1,4-6,9-10H2,2H3. The first-order chi connectivity index (χ1) is 8.29. The lowest BCUT2D eigenvalue weighted by molar-refractivity contribution is 0.123. The molecule has 92 valence electrons. The Morgan fingerprint density at radius 1 is 1.29 bits per heavy atom. The van der Waals surface area contributed by atoms with Gasteiger partial charge in [-0.25, -0.2) is 0 Å². The third-order valence-electron chi connectivity index (χ3n) is 3.73. The van der Waals surface area contributed by atoms with E-state index in [9.17, 15) is 0 Å². The first-order valence-electron chi connectivity index (χ1n) is 6.69. The summed E-state index contributed by atoms with van der Waals surface area (Å²) in [7, 11) is 0. The molecule has 0 aromatic heterocycles. The molecule has 1 aliphatic rings. The van der Waals surface area contributed by atoms with Crippen LogP contribution in [0, 0.1) is 5.92 Å². The average Bonchev–Trinajstić information content (AvgIpc) is 2.40. The van der Waals surface area contributed by atoms with Gasteiger partial charge in [0.15, 0.2) is 0 Å². The summed E-state index contributed by atoms with van der Waals surface area (Å²) in [5.74, 6) is 1.71. The van der Waals surface area contributed by atoms with Crippen molar-refractivity contribution in [3.63, 3.8) is 0 Å². The molecule has 1 fully saturated rings. The highest BCUT2D eigenvalue weighted by atomic mass is 16.5. The predicted octanol–water partition coefficient (Wildman–Crippen LogP) is 4.68. The molecule has 0 spiro atoms. The summed E-state index contributed by atoms with van der Waals surface area (Å²) >= 11 is 0. The van der Waals surface area contributed by atoms with Crippen LogP contribution >= 0.6 is 0 Å². The second kappa shape index (κ2) is 5.90. The highest BCUT2D eigenvalue weighted by Crippen LogP contribution is 2.29. The van der Waals surface area contributed by atoms with Gasteiger partial charge in [0.25, 0.3) is 0 Å². The molecule has 1 atom stereocenters. The molecule has 1 aliphatic carbocycles. The Morgan fingerprint density at radius 3 is 2.76 bits per heavy atom. The van der Waals surface area contributed by atoms with Gasteiger partial charge in [-0.05, 0) is 43.4 Å². The maximum absolute atomic E-state index is 6.05. The fraction of sp³-hybridized carbons (Fsp3) is 0.500. The van der Waals surface area contributed by atoms with Crippen molar-refractivity contribution in [3.8, 4) is 5.75 Å². The van der Waals surface area contributed by atoms with Crippen molar-refractivity contribution in [1.29, 1.82) is 0 Å². The van der Waals surface area contributed by atoms with Crippen LogP contribution in [0.5, 0.6) is 5.75 Å². The lowest BCUT2D eigenvalue weighted by Crippen LogP contribution is -2.25. The van der Waals surface area contributed by atoms with Gasteiger partial charge in [-0.3, -0.25) is 0 Å². The summed E-state index contributed by atoms with van der Waals surface area (Å²) in [6.45, 7) is 5.99. The van der Waals surface area contributed by atoms with Crippen LogP contribution in [0.25, 0.3) is 6.08 Å². The highest BCUT2D eigenvalue weighted by Gasteiger charge is 2.21. The zero-order valence-electron chi connectivity index (χ0n) is 10.7. The summed E-state index contributed by atoms with van der Waals surface area (Å²) in [4.78, 5) is 0. The van der Waals surface area contributed by atoms with E-state index in [0.717, 1.165) is 17.2 Å². The Kier molecular flexibility index (Phi) is 4.24. The molecule has 17 heavy (non-hydrogen) atoms. The van der Waals surface area contributed by atoms with Crippen LogP contribution in [0.2, 0.25) is 0 Å². The Bertz CT molecular complexity index is 364. The van der Waals surface area contributed by atoms with Crippen LogP contribution < -0.4 is 4.74 Å². The largest absolute Gasteiger partial charge is 0.490 e. The van der Waals surface area contributed by atoms with E-state index in [1.54, 1.807) is 0 Å². The van der Waals surface area contributed by atoms with Crippen molar-refractivity contribution in [2.75, 3.05) is 0 Å². The Labute approximate surface area is 104 Å². The van der Waals surface area contributed by atoms with E-state index >= 15 is 0 Å². The summed E-state index contributed by atoms with van der Waals surface area (Å²) < 4.78 is 6.05. The van der Waals surface area contributed by atoms with Crippen LogP contribution in [-0.4, -0.2) is 6.10 Å². The van der Waals surface area contributed by atoms with Crippen molar-refractivity contribution in [1.82, 2.24) is 0 Å². The Balaban J connectivity index is 1.96. The lowest BCUT2D eigenvalue weighted by atomic mass is 9.86. The zero-order valence-corrected chi connectivity index (χ0v) is 10.7. The minimum Gasteiger partial charge on any atom is -0.490 e. The molecular formula is C16H22O. The molecule has 0 bridgehead atoms. The minimum absolute atomic E-state index is 0.329. The third-order valence-corrected chi connectivity index (χ3v) is 3.73. The normalized spacial score (nSPS) is 18.6. The molecule has 0 amide bonds. The van der Waals surface area contributed by atoms with Gasteiger partial charge >= 0.3 is 0 Å². The van der Waals surface area contributed by atoms with Gasteiger partial charge in [0, 0.05) is 0 Å². The highest BCUT2D eigenvalue weighted by molar-refractivity contribution is 5.49. The van der Waals surface area contributed by atoms with E-state index in [0.29, 0.717) is 6.10 Å². The van der Waals surface area contributed by atoms with E-state index in [-0.39, 0.29) is 0 Å². The molecule has 1 heteroatoms. The molecule has 0 N–H and O–H groups in total. The zero-order chi connectivity index (χ0) is 12.1. The fourth-order valence-electron chi connectivity index (χ4n) is 2.63. The molecule has 2 rings (SSSR count). The monoisotopic (exact) mass is 230 g/mol. The summed E-state index contributed by atoms with van der Waals surface area (Å²) in [5.41, 5.74) is 1.12. The maximum Gasteiger partial charge on any atom is 0.120 e. The maximum atomic E-state index is 6.05. The van der Waals surface area contributed by atoms with Crippen molar-refractivity contribution in [2.45, 2.75) is 45.1 Å². The molecule has 1 aromatic carbocycles. The van der Waals surface area contributed by atoms with Crippen molar-refractivity contribution >= 4 is 6.08 Å². The smallest absolute Gasteiger partial charge is 0.120 e. The van der Waals surface area contributed by atoms with Gasteiger partial charge < -0.3 is 4.74 Å². The predicted molar refractivity (Wildman–Crippen MR) is 73.2 cm³/mol. The summed E-state index contributed by atoms with van der Waals surface area (Å²) in [6, 6.07) is 8.17. The molecule has 0 heterocycles. The van der Waals surface area contributed by atoms with Crippen molar-refractivity contribution < 1.29 is 4.74 Å². The van der Waals surface area contributed by atoms with E-state index < -0.39 is 0 Å². The Morgan fingerprint density at radius 2 is 2.06 bits per heavy atom. The molecule has 1 aromatic rings. The number of benzene rings is 1. The number of rotatable bonds is 4. The van der Waals surface area contributed by atoms with Crippen LogP contribution in [0.4, 0.5) is 0 Å². The molecular weight excluding hydrogens is 208 g/mol. The topological polar surface area (TPSA) is 9.23 Å². The third kappa shape index (κ3) is 3.36. The molecule has 1 nitrogen and oxygen atoms in total. The molecule has 1 unspecified atom stereocenters. The number of hydrogen-bond acceptors (Lipinski definition) is 1. The van der Waals surface area contributed by atoms with Gasteiger partial charge in [-0.2, -0.15) is 0 Å². The van der Waals surface area contributed by atoms with E-state index in [4.69, 9.17) is 4.74 Å². The SMILES string of the molecule is C=Cc1cccc(OC(C)C2CCCCC2)c1. The van der Waals surface area contributed by atoms with E-state index in [2.05, 4.69) is 19.6 Å².